The van der Waals surface area contributed by atoms with Gasteiger partial charge >= 0.3 is 0 Å². The lowest BCUT2D eigenvalue weighted by atomic mass is 10.2. The molecule has 1 fully saturated rings. The van der Waals surface area contributed by atoms with Crippen molar-refractivity contribution in [2.24, 2.45) is 0 Å². The van der Waals surface area contributed by atoms with E-state index in [1.54, 1.807) is 6.92 Å². The van der Waals surface area contributed by atoms with Crippen molar-refractivity contribution in [3.05, 3.63) is 29.8 Å². The fraction of sp³-hybridized carbons (Fsp3) is 0.600. The van der Waals surface area contributed by atoms with Crippen LogP contribution in [0.4, 0.5) is 0 Å². The summed E-state index contributed by atoms with van der Waals surface area (Å²) in [5.41, 5.74) is 1.19. The van der Waals surface area contributed by atoms with Crippen LogP contribution >= 0.6 is 0 Å². The van der Waals surface area contributed by atoms with E-state index >= 15 is 0 Å². The zero-order chi connectivity index (χ0) is 13.5. The molecular formula is C15H23NO3. The summed E-state index contributed by atoms with van der Waals surface area (Å²) in [4.78, 5) is 0. The first-order valence-corrected chi connectivity index (χ1v) is 6.96. The van der Waals surface area contributed by atoms with Crippen molar-refractivity contribution in [2.45, 2.75) is 38.5 Å². The molecule has 0 amide bonds. The van der Waals surface area contributed by atoms with E-state index in [4.69, 9.17) is 14.6 Å². The summed E-state index contributed by atoms with van der Waals surface area (Å²) in [7, 11) is 0. The molecule has 1 saturated heterocycles. The Hall–Kier alpha value is -1.10. The fourth-order valence-corrected chi connectivity index (χ4v) is 2.09. The topological polar surface area (TPSA) is 50.7 Å². The van der Waals surface area contributed by atoms with E-state index < -0.39 is 0 Å². The highest BCUT2D eigenvalue weighted by atomic mass is 16.5. The van der Waals surface area contributed by atoms with Gasteiger partial charge in [-0.25, -0.2) is 0 Å². The molecule has 0 aliphatic carbocycles. The first-order valence-electron chi connectivity index (χ1n) is 6.96. The Labute approximate surface area is 114 Å². The second-order valence-electron chi connectivity index (χ2n) is 5.07. The molecule has 2 atom stereocenters. The summed E-state index contributed by atoms with van der Waals surface area (Å²) >= 11 is 0. The van der Waals surface area contributed by atoms with Crippen molar-refractivity contribution in [3.63, 3.8) is 0 Å². The Kier molecular flexibility index (Phi) is 5.63. The molecule has 0 spiro atoms. The Morgan fingerprint density at radius 3 is 2.84 bits per heavy atom. The number of hydrogen-bond donors (Lipinski definition) is 2. The molecule has 1 aliphatic rings. The van der Waals surface area contributed by atoms with Gasteiger partial charge in [-0.3, -0.25) is 0 Å². The van der Waals surface area contributed by atoms with E-state index in [2.05, 4.69) is 5.32 Å². The van der Waals surface area contributed by atoms with Crippen LogP contribution in [0.3, 0.4) is 0 Å². The van der Waals surface area contributed by atoms with Gasteiger partial charge in [0.1, 0.15) is 12.4 Å². The summed E-state index contributed by atoms with van der Waals surface area (Å²) in [5.74, 6) is 0.884. The van der Waals surface area contributed by atoms with Crippen molar-refractivity contribution >= 4 is 0 Å². The smallest absolute Gasteiger partial charge is 0.119 e. The van der Waals surface area contributed by atoms with Gasteiger partial charge in [-0.2, -0.15) is 0 Å². The summed E-state index contributed by atoms with van der Waals surface area (Å²) in [5, 5.41) is 12.3. The zero-order valence-corrected chi connectivity index (χ0v) is 11.5. The molecule has 1 aromatic carbocycles. The van der Waals surface area contributed by atoms with E-state index in [9.17, 15) is 0 Å². The van der Waals surface area contributed by atoms with E-state index in [0.717, 1.165) is 31.7 Å². The van der Waals surface area contributed by atoms with E-state index in [-0.39, 0.29) is 12.2 Å². The van der Waals surface area contributed by atoms with E-state index in [1.165, 1.54) is 5.56 Å². The highest BCUT2D eigenvalue weighted by molar-refractivity contribution is 5.27. The molecule has 19 heavy (non-hydrogen) atoms. The largest absolute Gasteiger partial charge is 0.491 e. The van der Waals surface area contributed by atoms with Gasteiger partial charge in [-0.15, -0.1) is 0 Å². The number of nitrogens with one attached hydrogen (secondary N) is 1. The van der Waals surface area contributed by atoms with Crippen LogP contribution < -0.4 is 10.1 Å². The van der Waals surface area contributed by atoms with Crippen molar-refractivity contribution in [2.75, 3.05) is 19.8 Å². The van der Waals surface area contributed by atoms with Crippen LogP contribution in [-0.2, 0) is 11.3 Å². The molecule has 106 valence electrons. The molecular weight excluding hydrogens is 242 g/mol. The third-order valence-corrected chi connectivity index (χ3v) is 3.15. The lowest BCUT2D eigenvalue weighted by molar-refractivity contribution is 0.0679. The number of ether oxygens (including phenoxy) is 2. The predicted octanol–water partition coefficient (Wildman–Crippen LogP) is 1.71. The molecule has 2 rings (SSSR count). The fourth-order valence-electron chi connectivity index (χ4n) is 2.09. The minimum Gasteiger partial charge on any atom is -0.491 e. The van der Waals surface area contributed by atoms with Gasteiger partial charge in [0.05, 0.1) is 12.2 Å². The molecule has 1 aromatic rings. The molecule has 4 heteroatoms. The lowest BCUT2D eigenvalue weighted by Crippen LogP contribution is -2.23. The maximum absolute atomic E-state index is 9.15. The number of benzene rings is 1. The molecule has 4 nitrogen and oxygen atoms in total. The van der Waals surface area contributed by atoms with Gasteiger partial charge in [0.15, 0.2) is 0 Å². The molecule has 0 aromatic heterocycles. The Morgan fingerprint density at radius 2 is 2.21 bits per heavy atom. The lowest BCUT2D eigenvalue weighted by Gasteiger charge is -2.12. The van der Waals surface area contributed by atoms with E-state index in [1.807, 2.05) is 24.3 Å². The standard InChI is InChI=1S/C15H23NO3/c1-12(17)9-16-10-13-4-6-14(7-5-13)19-11-15-3-2-8-18-15/h4-7,12,15-17H,2-3,8-11H2,1H3. The third kappa shape index (κ3) is 5.19. The minimum absolute atomic E-state index is 0.257. The molecule has 0 bridgehead atoms. The van der Waals surface area contributed by atoms with Crippen LogP contribution in [-0.4, -0.2) is 37.1 Å². The molecule has 0 saturated carbocycles. The van der Waals surface area contributed by atoms with Crippen LogP contribution in [0.25, 0.3) is 0 Å². The monoisotopic (exact) mass is 265 g/mol. The van der Waals surface area contributed by atoms with Crippen LogP contribution in [0.15, 0.2) is 24.3 Å². The van der Waals surface area contributed by atoms with Gasteiger partial charge in [0.25, 0.3) is 0 Å². The molecule has 2 unspecified atom stereocenters. The summed E-state index contributed by atoms with van der Waals surface area (Å²) in [6.45, 7) is 4.64. The third-order valence-electron chi connectivity index (χ3n) is 3.15. The van der Waals surface area contributed by atoms with Crippen molar-refractivity contribution in [1.82, 2.24) is 5.32 Å². The maximum atomic E-state index is 9.15. The molecule has 1 aliphatic heterocycles. The van der Waals surface area contributed by atoms with Crippen LogP contribution in [0.2, 0.25) is 0 Å². The number of aliphatic hydroxyl groups excluding tert-OH is 1. The van der Waals surface area contributed by atoms with E-state index in [0.29, 0.717) is 13.2 Å². The molecule has 1 heterocycles. The average Bonchev–Trinajstić information content (AvgIpc) is 2.90. The Bertz CT molecular complexity index is 358. The SMILES string of the molecule is CC(O)CNCc1ccc(OCC2CCCO2)cc1. The Morgan fingerprint density at radius 1 is 1.42 bits per heavy atom. The van der Waals surface area contributed by atoms with Crippen LogP contribution in [0.5, 0.6) is 5.75 Å². The van der Waals surface area contributed by atoms with Gasteiger partial charge in [0, 0.05) is 19.7 Å². The maximum Gasteiger partial charge on any atom is 0.119 e. The van der Waals surface area contributed by atoms with Crippen molar-refractivity contribution in [3.8, 4) is 5.75 Å². The first kappa shape index (κ1) is 14.3. The minimum atomic E-state index is -0.311. The van der Waals surface area contributed by atoms with Gasteiger partial charge in [-0.1, -0.05) is 12.1 Å². The van der Waals surface area contributed by atoms with Crippen molar-refractivity contribution in [1.29, 1.82) is 0 Å². The number of aliphatic hydroxyl groups is 1. The van der Waals surface area contributed by atoms with Gasteiger partial charge < -0.3 is 19.9 Å². The van der Waals surface area contributed by atoms with Gasteiger partial charge in [0.2, 0.25) is 0 Å². The van der Waals surface area contributed by atoms with Crippen LogP contribution in [0, 0.1) is 0 Å². The van der Waals surface area contributed by atoms with Crippen LogP contribution in [0.1, 0.15) is 25.3 Å². The normalized spacial score (nSPS) is 20.4. The zero-order valence-electron chi connectivity index (χ0n) is 11.5. The summed E-state index contributed by atoms with van der Waals surface area (Å²) in [6, 6.07) is 8.04. The second kappa shape index (κ2) is 7.48. The highest BCUT2D eigenvalue weighted by Crippen LogP contribution is 2.16. The van der Waals surface area contributed by atoms with Gasteiger partial charge in [-0.05, 0) is 37.5 Å². The average molecular weight is 265 g/mol. The van der Waals surface area contributed by atoms with Crippen molar-refractivity contribution < 1.29 is 14.6 Å². The second-order valence-corrected chi connectivity index (χ2v) is 5.07. The summed E-state index contributed by atoms with van der Waals surface area (Å²) in [6.07, 6.45) is 2.19. The molecule has 2 N–H and O–H groups in total. The Balaban J connectivity index is 1.71. The first-order chi connectivity index (χ1) is 9.24. The predicted molar refractivity (Wildman–Crippen MR) is 74.3 cm³/mol. The summed E-state index contributed by atoms with van der Waals surface area (Å²) < 4.78 is 11.2. The molecule has 0 radical (unpaired) electrons. The highest BCUT2D eigenvalue weighted by Gasteiger charge is 2.15. The number of rotatable bonds is 7. The quantitative estimate of drug-likeness (QED) is 0.788. The number of hydrogen-bond acceptors (Lipinski definition) is 4.